The van der Waals surface area contributed by atoms with E-state index in [-0.39, 0.29) is 47.3 Å². The molecular formula is C26H27ClFN3O3. The summed E-state index contributed by atoms with van der Waals surface area (Å²) in [4.78, 5) is 41.9. The molecule has 3 fully saturated rings. The number of carbonyl (C=O) groups is 3. The number of hydrogen-bond donors (Lipinski definition) is 1. The molecule has 6 nitrogen and oxygen atoms in total. The average Bonchev–Trinajstić information content (AvgIpc) is 3.63. The van der Waals surface area contributed by atoms with Crippen LogP contribution in [0.15, 0.2) is 42.5 Å². The van der Waals surface area contributed by atoms with E-state index in [4.69, 9.17) is 11.6 Å². The summed E-state index contributed by atoms with van der Waals surface area (Å²) >= 11 is 6.26. The van der Waals surface area contributed by atoms with Crippen molar-refractivity contribution >= 4 is 35.1 Å². The lowest BCUT2D eigenvalue weighted by Gasteiger charge is -2.46. The van der Waals surface area contributed by atoms with Crippen molar-refractivity contribution in [2.75, 3.05) is 4.90 Å². The van der Waals surface area contributed by atoms with Crippen molar-refractivity contribution < 1.29 is 18.8 Å². The van der Waals surface area contributed by atoms with Gasteiger partial charge in [-0.25, -0.2) is 14.1 Å². The van der Waals surface area contributed by atoms with Crippen molar-refractivity contribution in [3.05, 3.63) is 64.4 Å². The summed E-state index contributed by atoms with van der Waals surface area (Å²) in [5.41, 5.74) is 1.52. The summed E-state index contributed by atoms with van der Waals surface area (Å²) in [7, 11) is 0. The molecule has 178 valence electrons. The number of benzene rings is 2. The van der Waals surface area contributed by atoms with Gasteiger partial charge in [-0.1, -0.05) is 42.6 Å². The van der Waals surface area contributed by atoms with E-state index in [2.05, 4.69) is 5.32 Å². The van der Waals surface area contributed by atoms with Gasteiger partial charge in [-0.2, -0.15) is 0 Å². The van der Waals surface area contributed by atoms with E-state index in [0.29, 0.717) is 24.6 Å². The van der Waals surface area contributed by atoms with Crippen molar-refractivity contribution in [2.24, 2.45) is 5.92 Å². The Morgan fingerprint density at radius 2 is 1.76 bits per heavy atom. The molecule has 1 aliphatic heterocycles. The molecule has 0 radical (unpaired) electrons. The zero-order chi connectivity index (χ0) is 23.8. The molecule has 8 heteroatoms. The highest BCUT2D eigenvalue weighted by molar-refractivity contribution is 6.31. The Bertz CT molecular complexity index is 1100. The van der Waals surface area contributed by atoms with Crippen LogP contribution in [0.1, 0.15) is 49.7 Å². The summed E-state index contributed by atoms with van der Waals surface area (Å²) < 4.78 is 14.5. The van der Waals surface area contributed by atoms with Crippen LogP contribution in [0.3, 0.4) is 0 Å². The summed E-state index contributed by atoms with van der Waals surface area (Å²) in [5.74, 6) is -1.05. The first kappa shape index (κ1) is 22.8. The van der Waals surface area contributed by atoms with Crippen LogP contribution >= 0.6 is 11.6 Å². The predicted octanol–water partition coefficient (Wildman–Crippen LogP) is 4.83. The molecule has 1 saturated heterocycles. The van der Waals surface area contributed by atoms with E-state index in [1.165, 1.54) is 17.0 Å². The first-order valence-corrected chi connectivity index (χ1v) is 12.3. The van der Waals surface area contributed by atoms with Crippen LogP contribution in [0.2, 0.25) is 5.02 Å². The Morgan fingerprint density at radius 1 is 1.03 bits per heavy atom. The standard InChI is InChI=1S/C26H27ClFN3O3/c27-21-5-3-6-22(28)20(21)15-30-23-7-2-1-4-19(23)25(33)31(26(30)34)18-12-8-16(9-13-18)14-24(32)29-17-10-11-17/h3,5-6,8-9,12-13,17,19,23H,1-2,4,7,10-11,14-15H2,(H,29,32). The second-order valence-corrected chi connectivity index (χ2v) is 9.83. The SMILES string of the molecule is O=C(Cc1ccc(N2C(=O)C3CCCCC3N(Cc3c(F)cccc3Cl)C2=O)cc1)NC1CC1. The third-order valence-electron chi connectivity index (χ3n) is 7.00. The number of anilines is 1. The first-order chi connectivity index (χ1) is 16.4. The molecule has 5 rings (SSSR count). The second-order valence-electron chi connectivity index (χ2n) is 9.43. The van der Waals surface area contributed by atoms with Crippen LogP contribution in [0.4, 0.5) is 14.9 Å². The molecule has 2 atom stereocenters. The maximum absolute atomic E-state index is 14.5. The predicted molar refractivity (Wildman–Crippen MR) is 127 cm³/mol. The molecule has 2 aliphatic carbocycles. The molecule has 2 unspecified atom stereocenters. The Hall–Kier alpha value is -2.93. The van der Waals surface area contributed by atoms with Gasteiger partial charge < -0.3 is 10.2 Å². The van der Waals surface area contributed by atoms with Gasteiger partial charge in [0.05, 0.1) is 24.6 Å². The average molecular weight is 484 g/mol. The van der Waals surface area contributed by atoms with Gasteiger partial charge in [-0.3, -0.25) is 9.59 Å². The zero-order valence-electron chi connectivity index (χ0n) is 18.8. The molecule has 0 spiro atoms. The smallest absolute Gasteiger partial charge is 0.331 e. The zero-order valence-corrected chi connectivity index (χ0v) is 19.6. The first-order valence-electron chi connectivity index (χ1n) is 11.9. The number of carbonyl (C=O) groups excluding carboxylic acids is 3. The third kappa shape index (κ3) is 4.53. The number of hydrogen-bond acceptors (Lipinski definition) is 3. The molecule has 0 bridgehead atoms. The molecule has 2 aromatic carbocycles. The van der Waals surface area contributed by atoms with Crippen molar-refractivity contribution in [3.8, 4) is 0 Å². The minimum atomic E-state index is -0.468. The Labute approximate surface area is 203 Å². The van der Waals surface area contributed by atoms with Gasteiger partial charge in [0.2, 0.25) is 11.8 Å². The maximum Gasteiger partial charge on any atom is 0.331 e. The highest BCUT2D eigenvalue weighted by Gasteiger charge is 2.47. The van der Waals surface area contributed by atoms with Gasteiger partial charge in [0, 0.05) is 22.7 Å². The van der Waals surface area contributed by atoms with Gasteiger partial charge in [-0.05, 0) is 55.5 Å². The van der Waals surface area contributed by atoms with E-state index < -0.39 is 11.8 Å². The van der Waals surface area contributed by atoms with Crippen molar-refractivity contribution in [1.29, 1.82) is 0 Å². The lowest BCUT2D eigenvalue weighted by atomic mass is 9.81. The molecule has 34 heavy (non-hydrogen) atoms. The Balaban J connectivity index is 1.40. The summed E-state index contributed by atoms with van der Waals surface area (Å²) in [6, 6.07) is 11.0. The highest BCUT2D eigenvalue weighted by atomic mass is 35.5. The number of nitrogens with one attached hydrogen (secondary N) is 1. The van der Waals surface area contributed by atoms with Crippen LogP contribution in [0.25, 0.3) is 0 Å². The topological polar surface area (TPSA) is 69.7 Å². The molecule has 3 aliphatic rings. The largest absolute Gasteiger partial charge is 0.353 e. The molecular weight excluding hydrogens is 457 g/mol. The van der Waals surface area contributed by atoms with Crippen LogP contribution in [-0.2, 0) is 22.6 Å². The fourth-order valence-corrected chi connectivity index (χ4v) is 5.26. The fraction of sp³-hybridized carbons (Fsp3) is 0.423. The van der Waals surface area contributed by atoms with Gasteiger partial charge in [0.15, 0.2) is 0 Å². The third-order valence-corrected chi connectivity index (χ3v) is 7.35. The second kappa shape index (κ2) is 9.37. The molecule has 1 heterocycles. The van der Waals surface area contributed by atoms with Crippen LogP contribution in [0, 0.1) is 11.7 Å². The number of halogens is 2. The quantitative estimate of drug-likeness (QED) is 0.640. The number of imide groups is 1. The van der Waals surface area contributed by atoms with Gasteiger partial charge in [-0.15, -0.1) is 0 Å². The molecule has 0 aromatic heterocycles. The van der Waals surface area contributed by atoms with E-state index in [9.17, 15) is 18.8 Å². The maximum atomic E-state index is 14.5. The molecule has 2 aromatic rings. The van der Waals surface area contributed by atoms with Gasteiger partial charge in [0.1, 0.15) is 5.82 Å². The van der Waals surface area contributed by atoms with Crippen LogP contribution in [-0.4, -0.2) is 34.8 Å². The van der Waals surface area contributed by atoms with E-state index >= 15 is 0 Å². The van der Waals surface area contributed by atoms with Crippen molar-refractivity contribution in [3.63, 3.8) is 0 Å². The van der Waals surface area contributed by atoms with Gasteiger partial charge >= 0.3 is 6.03 Å². The number of urea groups is 1. The lowest BCUT2D eigenvalue weighted by molar-refractivity contribution is -0.127. The van der Waals surface area contributed by atoms with Crippen molar-refractivity contribution in [1.82, 2.24) is 10.2 Å². The highest BCUT2D eigenvalue weighted by Crippen LogP contribution is 2.38. The van der Waals surface area contributed by atoms with Gasteiger partial charge in [0.25, 0.3) is 0 Å². The van der Waals surface area contributed by atoms with E-state index in [1.54, 1.807) is 35.2 Å². The minimum absolute atomic E-state index is 0.00864. The normalized spacial score (nSPS) is 22.5. The number of fused-ring (bicyclic) bond motifs is 1. The minimum Gasteiger partial charge on any atom is -0.353 e. The molecule has 4 amide bonds. The van der Waals surface area contributed by atoms with Crippen LogP contribution in [0.5, 0.6) is 0 Å². The lowest BCUT2D eigenvalue weighted by Crippen LogP contribution is -2.62. The van der Waals surface area contributed by atoms with Crippen LogP contribution < -0.4 is 10.2 Å². The number of nitrogens with zero attached hydrogens (tertiary/aromatic N) is 2. The monoisotopic (exact) mass is 483 g/mol. The van der Waals surface area contributed by atoms with E-state index in [1.807, 2.05) is 0 Å². The Morgan fingerprint density at radius 3 is 2.47 bits per heavy atom. The molecule has 1 N–H and O–H groups in total. The van der Waals surface area contributed by atoms with E-state index in [0.717, 1.165) is 31.2 Å². The summed E-state index contributed by atoms with van der Waals surface area (Å²) in [5, 5.41) is 3.22. The summed E-state index contributed by atoms with van der Waals surface area (Å²) in [6.07, 6.45) is 5.53. The summed E-state index contributed by atoms with van der Waals surface area (Å²) in [6.45, 7) is 0.00864. The molecule has 2 saturated carbocycles. The number of rotatable bonds is 6. The Kier molecular flexibility index (Phi) is 6.30. The van der Waals surface area contributed by atoms with Crippen molar-refractivity contribution in [2.45, 2.75) is 63.6 Å². The fourth-order valence-electron chi connectivity index (χ4n) is 5.03. The number of amides is 4.